The van der Waals surface area contributed by atoms with Crippen molar-refractivity contribution in [1.29, 1.82) is 0 Å². The van der Waals surface area contributed by atoms with Crippen molar-refractivity contribution in [1.82, 2.24) is 25.3 Å². The number of esters is 1. The van der Waals surface area contributed by atoms with Gasteiger partial charge in [0, 0.05) is 61.6 Å². The van der Waals surface area contributed by atoms with Crippen LogP contribution in [0.15, 0.2) is 54.7 Å². The average Bonchev–Trinajstić information content (AvgIpc) is 3.40. The highest BCUT2D eigenvalue weighted by atomic mass is 16.5. The van der Waals surface area contributed by atoms with Crippen molar-refractivity contribution in [3.63, 3.8) is 0 Å². The summed E-state index contributed by atoms with van der Waals surface area (Å²) in [6, 6.07) is 14.0. The number of methoxy groups -OCH3 is 1. The molecule has 2 aromatic carbocycles. The van der Waals surface area contributed by atoms with Crippen LogP contribution in [-0.4, -0.2) is 69.8 Å². The number of ether oxygens (including phenoxy) is 2. The molecule has 4 aromatic rings. The van der Waals surface area contributed by atoms with Crippen LogP contribution in [0.3, 0.4) is 0 Å². The Hall–Kier alpha value is -4.74. The Morgan fingerprint density at radius 2 is 1.98 bits per heavy atom. The summed E-state index contributed by atoms with van der Waals surface area (Å²) in [5.74, 6) is -1.08. The predicted molar refractivity (Wildman–Crippen MR) is 191 cm³/mol. The summed E-state index contributed by atoms with van der Waals surface area (Å²) in [6.07, 6.45) is 3.39. The number of carbonyl (C=O) groups excluding carboxylic acids is 3. The van der Waals surface area contributed by atoms with Crippen LogP contribution in [0.25, 0.3) is 33.3 Å². The molecule has 3 N–H and O–H groups in total. The third-order valence-electron chi connectivity index (χ3n) is 9.74. The molecule has 50 heavy (non-hydrogen) atoms. The Kier molecular flexibility index (Phi) is 10.00. The number of hydrazine groups is 1. The molecule has 2 aliphatic heterocycles. The summed E-state index contributed by atoms with van der Waals surface area (Å²) in [5, 5.41) is 16.2. The van der Waals surface area contributed by atoms with Gasteiger partial charge in [-0.2, -0.15) is 0 Å². The van der Waals surface area contributed by atoms with Crippen molar-refractivity contribution >= 4 is 28.7 Å². The lowest BCUT2D eigenvalue weighted by Gasteiger charge is -2.35. The second-order valence-electron chi connectivity index (χ2n) is 14.2. The van der Waals surface area contributed by atoms with E-state index in [4.69, 9.17) is 14.5 Å². The number of nitrogens with zero attached hydrogens (tertiary/aromatic N) is 3. The topological polar surface area (TPSA) is 135 Å². The molecule has 0 saturated carbocycles. The van der Waals surface area contributed by atoms with Crippen molar-refractivity contribution in [2.24, 2.45) is 5.41 Å². The number of aromatic nitrogens is 2. The maximum absolute atomic E-state index is 13.8. The van der Waals surface area contributed by atoms with Crippen LogP contribution in [0.2, 0.25) is 0 Å². The van der Waals surface area contributed by atoms with Gasteiger partial charge in [-0.1, -0.05) is 26.0 Å². The molecule has 0 aliphatic carbocycles. The third-order valence-corrected chi connectivity index (χ3v) is 9.74. The number of phenols is 1. The average molecular weight is 682 g/mol. The summed E-state index contributed by atoms with van der Waals surface area (Å²) in [6.45, 7) is 10.9. The lowest BCUT2D eigenvalue weighted by molar-refractivity contribution is -0.155. The van der Waals surface area contributed by atoms with Gasteiger partial charge in [0.2, 0.25) is 5.91 Å². The van der Waals surface area contributed by atoms with Gasteiger partial charge in [0.15, 0.2) is 0 Å². The minimum absolute atomic E-state index is 0.0571. The van der Waals surface area contributed by atoms with Crippen LogP contribution in [0.1, 0.15) is 70.4 Å². The van der Waals surface area contributed by atoms with Gasteiger partial charge in [-0.05, 0) is 91.8 Å². The van der Waals surface area contributed by atoms with E-state index in [0.29, 0.717) is 37.9 Å². The Labute approximate surface area is 292 Å². The van der Waals surface area contributed by atoms with Gasteiger partial charge in [0.05, 0.1) is 24.1 Å². The lowest BCUT2D eigenvalue weighted by atomic mass is 9.84. The highest BCUT2D eigenvalue weighted by molar-refractivity contribution is 5.95. The quantitative estimate of drug-likeness (QED) is 0.236. The lowest BCUT2D eigenvalue weighted by Crippen LogP contribution is -2.60. The molecular weight excluding hydrogens is 634 g/mol. The Balaban J connectivity index is 1.57. The van der Waals surface area contributed by atoms with Crippen LogP contribution in [0.5, 0.6) is 5.75 Å². The fourth-order valence-corrected chi connectivity index (χ4v) is 7.31. The molecule has 2 aliphatic rings. The minimum Gasteiger partial charge on any atom is -0.508 e. The number of cyclic esters (lactones) is 1. The summed E-state index contributed by atoms with van der Waals surface area (Å²) in [5.41, 5.74) is 9.96. The zero-order valence-corrected chi connectivity index (χ0v) is 29.7. The van der Waals surface area contributed by atoms with E-state index in [1.807, 2.05) is 25.1 Å². The van der Waals surface area contributed by atoms with E-state index in [9.17, 15) is 19.5 Å². The van der Waals surface area contributed by atoms with Gasteiger partial charge < -0.3 is 24.5 Å². The van der Waals surface area contributed by atoms with Crippen LogP contribution in [0, 0.1) is 5.41 Å². The van der Waals surface area contributed by atoms with Crippen molar-refractivity contribution in [2.45, 2.75) is 85.0 Å². The second kappa shape index (κ2) is 14.2. The molecule has 2 aromatic heterocycles. The molecule has 0 unspecified atom stereocenters. The molecule has 4 heterocycles. The van der Waals surface area contributed by atoms with E-state index in [0.717, 1.165) is 44.5 Å². The molecule has 6 rings (SSSR count). The number of benzene rings is 2. The third kappa shape index (κ3) is 7.11. The summed E-state index contributed by atoms with van der Waals surface area (Å²) < 4.78 is 14.1. The van der Waals surface area contributed by atoms with Crippen molar-refractivity contribution in [2.75, 3.05) is 20.3 Å². The molecule has 1 saturated heterocycles. The molecule has 2 amide bonds. The first-order chi connectivity index (χ1) is 23.9. The molecule has 6 bridgehead atoms. The van der Waals surface area contributed by atoms with Gasteiger partial charge in [0.25, 0.3) is 5.91 Å². The van der Waals surface area contributed by atoms with E-state index in [1.165, 1.54) is 11.9 Å². The van der Waals surface area contributed by atoms with Gasteiger partial charge in [-0.3, -0.25) is 24.4 Å². The fourth-order valence-electron chi connectivity index (χ4n) is 7.31. The standard InChI is InChI=1S/C39H47N5O6/c1-7-43-34-13-12-26-20-30(34)31(36(43)29-10-8-14-40-35(29)23(2)49-6)21-39(4,5)22-50-38(48)32-11-9-15-44(42-32)37(47)33(41-24(3)45)18-25-16-27(26)19-28(46)17-25/h8,10,12-14,16-17,19-20,23,32-33,42,46H,7,9,11,15,18,21-22H2,1-6H3,(H,41,45)/t23-,32-,33-/m0/s1. The number of phenolic OH excluding ortho intramolecular Hbond substituents is 1. The highest BCUT2D eigenvalue weighted by Crippen LogP contribution is 2.42. The van der Waals surface area contributed by atoms with E-state index in [1.54, 1.807) is 25.4 Å². The van der Waals surface area contributed by atoms with Gasteiger partial charge in [0.1, 0.15) is 17.8 Å². The van der Waals surface area contributed by atoms with Crippen molar-refractivity contribution < 1.29 is 29.0 Å². The number of carbonyl (C=O) groups is 3. The number of amides is 2. The molecule has 0 radical (unpaired) electrons. The van der Waals surface area contributed by atoms with Crippen molar-refractivity contribution in [3.8, 4) is 28.1 Å². The van der Waals surface area contributed by atoms with Crippen LogP contribution >= 0.6 is 0 Å². The van der Waals surface area contributed by atoms with E-state index < -0.39 is 23.5 Å². The van der Waals surface area contributed by atoms with Gasteiger partial charge in [-0.15, -0.1) is 0 Å². The number of fused-ring (bicyclic) bond motifs is 6. The molecule has 11 heteroatoms. The van der Waals surface area contributed by atoms with E-state index in [2.05, 4.69) is 54.3 Å². The number of nitrogens with one attached hydrogen (secondary N) is 2. The first-order valence-corrected chi connectivity index (χ1v) is 17.4. The van der Waals surface area contributed by atoms with Crippen LogP contribution in [0.4, 0.5) is 0 Å². The zero-order chi connectivity index (χ0) is 35.7. The molecule has 3 atom stereocenters. The zero-order valence-electron chi connectivity index (χ0n) is 29.7. The fraction of sp³-hybridized carbons (Fsp3) is 0.436. The summed E-state index contributed by atoms with van der Waals surface area (Å²) in [4.78, 5) is 44.3. The maximum Gasteiger partial charge on any atom is 0.324 e. The largest absolute Gasteiger partial charge is 0.508 e. The molecule has 1 fully saturated rings. The highest BCUT2D eigenvalue weighted by Gasteiger charge is 2.35. The number of aromatic hydroxyl groups is 1. The first-order valence-electron chi connectivity index (χ1n) is 17.4. The van der Waals surface area contributed by atoms with Crippen molar-refractivity contribution in [3.05, 3.63) is 71.5 Å². The molecule has 0 spiro atoms. The molecule has 11 nitrogen and oxygen atoms in total. The number of rotatable bonds is 5. The predicted octanol–water partition coefficient (Wildman–Crippen LogP) is 5.47. The molecule has 264 valence electrons. The number of hydrogen-bond acceptors (Lipinski definition) is 8. The van der Waals surface area contributed by atoms with E-state index in [-0.39, 0.29) is 36.7 Å². The summed E-state index contributed by atoms with van der Waals surface area (Å²) in [7, 11) is 1.68. The van der Waals surface area contributed by atoms with Gasteiger partial charge >= 0.3 is 5.97 Å². The Bertz CT molecular complexity index is 1930. The maximum atomic E-state index is 13.8. The number of pyridine rings is 1. The monoisotopic (exact) mass is 681 g/mol. The van der Waals surface area contributed by atoms with Crippen LogP contribution in [-0.2, 0) is 43.2 Å². The van der Waals surface area contributed by atoms with Crippen LogP contribution < -0.4 is 10.7 Å². The number of aryl methyl sites for hydroxylation is 1. The smallest absolute Gasteiger partial charge is 0.324 e. The second-order valence-corrected chi connectivity index (χ2v) is 14.2. The Morgan fingerprint density at radius 1 is 1.18 bits per heavy atom. The van der Waals surface area contributed by atoms with E-state index >= 15 is 0 Å². The van der Waals surface area contributed by atoms with Gasteiger partial charge in [-0.25, -0.2) is 5.43 Å². The normalized spacial score (nSPS) is 20.2. The number of hydrogen-bond donors (Lipinski definition) is 3. The Morgan fingerprint density at radius 3 is 2.72 bits per heavy atom. The molecular formula is C39H47N5O6. The summed E-state index contributed by atoms with van der Waals surface area (Å²) >= 11 is 0. The minimum atomic E-state index is -0.916. The first kappa shape index (κ1) is 35.1. The SMILES string of the molecule is CCn1c(-c2cccnc2[C@H](C)OC)c2c3cc(ccc31)-c1cc(O)cc(c1)C[C@H](NC(C)=O)C(=O)N1CCC[C@H](N1)C(=O)OCC(C)(C)C2.